The highest BCUT2D eigenvalue weighted by atomic mass is 28.4. The quantitative estimate of drug-likeness (QED) is 0.693. The van der Waals surface area contributed by atoms with E-state index in [9.17, 15) is 0 Å². The van der Waals surface area contributed by atoms with Crippen molar-refractivity contribution in [3.63, 3.8) is 0 Å². The van der Waals surface area contributed by atoms with Gasteiger partial charge in [-0.1, -0.05) is 20.8 Å². The van der Waals surface area contributed by atoms with Crippen molar-refractivity contribution in [2.45, 2.75) is 57.3 Å². The van der Waals surface area contributed by atoms with Gasteiger partial charge in [0, 0.05) is 26.0 Å². The van der Waals surface area contributed by atoms with E-state index in [-0.39, 0.29) is 17.1 Å². The van der Waals surface area contributed by atoms with Crippen molar-refractivity contribution in [2.75, 3.05) is 14.2 Å². The fourth-order valence-corrected chi connectivity index (χ4v) is 3.95. The van der Waals surface area contributed by atoms with Gasteiger partial charge in [-0.05, 0) is 42.4 Å². The molecule has 1 aliphatic rings. The molecule has 1 aromatic rings. The van der Waals surface area contributed by atoms with E-state index >= 15 is 0 Å². The molecule has 0 fully saturated rings. The number of ether oxygens (including phenoxy) is 2. The molecule has 1 aliphatic carbocycles. The van der Waals surface area contributed by atoms with Crippen molar-refractivity contribution in [1.29, 1.82) is 0 Å². The third-order valence-electron chi connectivity index (χ3n) is 5.47. The van der Waals surface area contributed by atoms with Crippen LogP contribution in [0.1, 0.15) is 38.8 Å². The Morgan fingerprint density at radius 1 is 1.12 bits per heavy atom. The zero-order valence-electron chi connectivity index (χ0n) is 16.9. The molecule has 0 spiro atoms. The summed E-state index contributed by atoms with van der Waals surface area (Å²) in [5.41, 5.74) is 1.20. The summed E-state index contributed by atoms with van der Waals surface area (Å²) in [6.07, 6.45) is 6.96. The van der Waals surface area contributed by atoms with Crippen molar-refractivity contribution >= 4 is 8.32 Å². The van der Waals surface area contributed by atoms with Crippen LogP contribution in [0.15, 0.2) is 42.0 Å². The Hall–Kier alpha value is -1.46. The monoisotopic (exact) mass is 363 g/mol. The van der Waals surface area contributed by atoms with E-state index in [2.05, 4.69) is 76.0 Å². The zero-order chi connectivity index (χ0) is 18.8. The average Bonchev–Trinajstić information content (AvgIpc) is 2.85. The van der Waals surface area contributed by atoms with E-state index < -0.39 is 8.32 Å². The van der Waals surface area contributed by atoms with Crippen LogP contribution in [0.5, 0.6) is 0 Å². The highest BCUT2D eigenvalue weighted by Gasteiger charge is 2.40. The highest BCUT2D eigenvalue weighted by Crippen LogP contribution is 2.40. The molecule has 25 heavy (non-hydrogen) atoms. The van der Waals surface area contributed by atoms with Gasteiger partial charge in [-0.25, -0.2) is 0 Å². The first-order chi connectivity index (χ1) is 11.6. The summed E-state index contributed by atoms with van der Waals surface area (Å²) in [7, 11) is 3.63. The summed E-state index contributed by atoms with van der Waals surface area (Å²) in [5, 5.41) is 0.150. The molecular weight excluding hydrogens is 330 g/mol. The van der Waals surface area contributed by atoms with Gasteiger partial charge < -0.3 is 18.5 Å². The smallest absolute Gasteiger partial charge is 0.250 e. The van der Waals surface area contributed by atoms with Gasteiger partial charge in [0.05, 0.1) is 37.1 Å². The molecule has 5 heteroatoms. The van der Waals surface area contributed by atoms with Gasteiger partial charge in [-0.3, -0.25) is 0 Å². The number of aromatic nitrogens is 1. The predicted molar refractivity (Wildman–Crippen MR) is 105 cm³/mol. The van der Waals surface area contributed by atoms with Crippen LogP contribution in [0, 0.1) is 0 Å². The van der Waals surface area contributed by atoms with E-state index in [1.54, 1.807) is 14.2 Å². The van der Waals surface area contributed by atoms with Crippen molar-refractivity contribution in [3.05, 3.63) is 47.7 Å². The molecule has 1 heterocycles. The average molecular weight is 364 g/mol. The fraction of sp³-hybridized carbons (Fsp3) is 0.600. The van der Waals surface area contributed by atoms with Crippen molar-refractivity contribution in [3.8, 4) is 0 Å². The second-order valence-electron chi connectivity index (χ2n) is 8.28. The first kappa shape index (κ1) is 19.9. The maximum atomic E-state index is 6.58. The van der Waals surface area contributed by atoms with E-state index in [0.29, 0.717) is 6.42 Å². The number of methoxy groups -OCH3 is 2. The molecule has 2 atom stereocenters. The van der Waals surface area contributed by atoms with Gasteiger partial charge in [0.25, 0.3) is 0 Å². The Morgan fingerprint density at radius 2 is 1.80 bits per heavy atom. The van der Waals surface area contributed by atoms with Crippen LogP contribution in [-0.4, -0.2) is 33.2 Å². The first-order valence-electron chi connectivity index (χ1n) is 8.87. The highest BCUT2D eigenvalue weighted by molar-refractivity contribution is 6.74. The van der Waals surface area contributed by atoms with Crippen LogP contribution in [0.3, 0.4) is 0 Å². The van der Waals surface area contributed by atoms with Crippen molar-refractivity contribution < 1.29 is 13.9 Å². The molecule has 4 nitrogen and oxygen atoms in total. The van der Waals surface area contributed by atoms with Gasteiger partial charge in [-0.2, -0.15) is 0 Å². The third kappa shape index (κ3) is 4.39. The number of aryl methyl sites for hydroxylation is 1. The second kappa shape index (κ2) is 7.42. The SMILES string of the molecule is COC1=C[C@H](c2cccn2C)[C@H](OC)C=C(O[Si](C)(C)C(C)(C)C)C1. The van der Waals surface area contributed by atoms with Crippen LogP contribution in [-0.2, 0) is 20.9 Å². The molecule has 0 amide bonds. The Labute approximate surface area is 153 Å². The number of hydrogen-bond donors (Lipinski definition) is 0. The maximum absolute atomic E-state index is 6.58. The van der Waals surface area contributed by atoms with Crippen LogP contribution in [0.2, 0.25) is 18.1 Å². The zero-order valence-corrected chi connectivity index (χ0v) is 17.9. The normalized spacial score (nSPS) is 22.1. The summed E-state index contributed by atoms with van der Waals surface area (Å²) in [6.45, 7) is 11.3. The number of nitrogens with zero attached hydrogens (tertiary/aromatic N) is 1. The molecule has 0 bridgehead atoms. The summed E-state index contributed by atoms with van der Waals surface area (Å²) in [6, 6.07) is 4.19. The molecule has 2 rings (SSSR count). The molecule has 0 aromatic carbocycles. The van der Waals surface area contributed by atoms with Gasteiger partial charge in [0.1, 0.15) is 0 Å². The molecule has 0 unspecified atom stereocenters. The lowest BCUT2D eigenvalue weighted by atomic mass is 9.98. The lowest BCUT2D eigenvalue weighted by molar-refractivity contribution is 0.124. The van der Waals surface area contributed by atoms with Crippen LogP contribution in [0.4, 0.5) is 0 Å². The third-order valence-corrected chi connectivity index (χ3v) is 9.86. The standard InChI is InChI=1S/C20H33NO3Si/c1-20(2,3)25(7,8)24-16-12-15(22-5)13-17(19(14-16)23-6)18-10-9-11-21(18)4/h9-11,13-14,17,19H,12H2,1-8H3/t17-,19-/m1/s1. The van der Waals surface area contributed by atoms with E-state index in [0.717, 1.165) is 11.5 Å². The van der Waals surface area contributed by atoms with Crippen molar-refractivity contribution in [1.82, 2.24) is 4.57 Å². The van der Waals surface area contributed by atoms with Gasteiger partial charge in [0.2, 0.25) is 8.32 Å². The lowest BCUT2D eigenvalue weighted by Crippen LogP contribution is -2.40. The Balaban J connectivity index is 2.40. The van der Waals surface area contributed by atoms with Gasteiger partial charge in [0.15, 0.2) is 0 Å². The molecule has 0 saturated carbocycles. The molecule has 0 aliphatic heterocycles. The molecule has 0 saturated heterocycles. The van der Waals surface area contributed by atoms with Crippen LogP contribution in [0.25, 0.3) is 0 Å². The molecule has 140 valence electrons. The molecule has 1 aromatic heterocycles. The first-order valence-corrected chi connectivity index (χ1v) is 11.8. The Kier molecular flexibility index (Phi) is 5.89. The Morgan fingerprint density at radius 3 is 2.28 bits per heavy atom. The van der Waals surface area contributed by atoms with Crippen LogP contribution < -0.4 is 0 Å². The molecular formula is C20H33NO3Si. The summed E-state index contributed by atoms with van der Waals surface area (Å²) >= 11 is 0. The summed E-state index contributed by atoms with van der Waals surface area (Å²) < 4.78 is 20.2. The topological polar surface area (TPSA) is 32.6 Å². The lowest BCUT2D eigenvalue weighted by Gasteiger charge is -2.37. The van der Waals surface area contributed by atoms with Gasteiger partial charge in [-0.15, -0.1) is 0 Å². The van der Waals surface area contributed by atoms with E-state index in [1.807, 2.05) is 0 Å². The predicted octanol–water partition coefficient (Wildman–Crippen LogP) is 4.96. The Bertz CT molecular complexity index is 652. The second-order valence-corrected chi connectivity index (χ2v) is 13.0. The molecule has 0 radical (unpaired) electrons. The van der Waals surface area contributed by atoms with Gasteiger partial charge >= 0.3 is 0 Å². The minimum absolute atomic E-state index is 0.0824. The largest absolute Gasteiger partial charge is 0.546 e. The summed E-state index contributed by atoms with van der Waals surface area (Å²) in [5.74, 6) is 1.99. The summed E-state index contributed by atoms with van der Waals surface area (Å²) in [4.78, 5) is 0. The van der Waals surface area contributed by atoms with Crippen molar-refractivity contribution in [2.24, 2.45) is 7.05 Å². The minimum atomic E-state index is -1.91. The van der Waals surface area contributed by atoms with E-state index in [1.165, 1.54) is 5.69 Å². The maximum Gasteiger partial charge on any atom is 0.250 e. The molecule has 0 N–H and O–H groups in total. The fourth-order valence-electron chi connectivity index (χ4n) is 2.85. The number of rotatable bonds is 5. The van der Waals surface area contributed by atoms with Crippen LogP contribution >= 0.6 is 0 Å². The number of hydrogen-bond acceptors (Lipinski definition) is 3. The van der Waals surface area contributed by atoms with E-state index in [4.69, 9.17) is 13.9 Å². The minimum Gasteiger partial charge on any atom is -0.546 e.